The van der Waals surface area contributed by atoms with Crippen LogP contribution in [0.4, 0.5) is 0 Å². The topological polar surface area (TPSA) is 102 Å². The van der Waals surface area contributed by atoms with Crippen molar-refractivity contribution in [1.29, 1.82) is 0 Å². The van der Waals surface area contributed by atoms with E-state index in [9.17, 15) is 19.8 Å². The number of carbonyl (C=O) groups excluding carboxylic acids is 1. The number of aliphatic hydroxyl groups excluding tert-OH is 2. The molecule has 118 valence electrons. The normalized spacial score (nSPS) is 13.8. The summed E-state index contributed by atoms with van der Waals surface area (Å²) in [6.07, 6.45) is -1.91. The van der Waals surface area contributed by atoms with Crippen LogP contribution in [-0.2, 0) is 4.79 Å². The Labute approximate surface area is 127 Å². The second-order valence-corrected chi connectivity index (χ2v) is 5.41. The van der Waals surface area contributed by atoms with Crippen molar-refractivity contribution in [2.75, 3.05) is 6.54 Å². The lowest BCUT2D eigenvalue weighted by Gasteiger charge is -2.18. The highest BCUT2D eigenvalue weighted by Crippen LogP contribution is 2.21. The number of nitrogens with one attached hydrogen (secondary N) is 2. The summed E-state index contributed by atoms with van der Waals surface area (Å²) in [5.74, 6) is -0.186. The zero-order valence-corrected chi connectivity index (χ0v) is 12.6. The van der Waals surface area contributed by atoms with Crippen LogP contribution in [0.25, 0.3) is 10.9 Å². The number of amides is 1. The smallest absolute Gasteiger partial charge is 0.216 e. The van der Waals surface area contributed by atoms with Gasteiger partial charge in [0.1, 0.15) is 6.10 Å². The predicted molar refractivity (Wildman–Crippen MR) is 83.6 cm³/mol. The molecular weight excluding hydrogens is 284 g/mol. The average Bonchev–Trinajstić information content (AvgIpc) is 2.45. The number of aromatic nitrogens is 1. The Bertz CT molecular complexity index is 738. The quantitative estimate of drug-likeness (QED) is 0.655. The maximum Gasteiger partial charge on any atom is 0.216 e. The molecule has 22 heavy (non-hydrogen) atoms. The molecule has 1 heterocycles. The molecule has 4 N–H and O–H groups in total. The van der Waals surface area contributed by atoms with Gasteiger partial charge >= 0.3 is 0 Å². The molecule has 0 saturated heterocycles. The highest BCUT2D eigenvalue weighted by molar-refractivity contribution is 5.79. The minimum atomic E-state index is -1.11. The van der Waals surface area contributed by atoms with E-state index in [-0.39, 0.29) is 24.3 Å². The first kappa shape index (κ1) is 16.2. The molecule has 0 spiro atoms. The van der Waals surface area contributed by atoms with E-state index in [0.29, 0.717) is 16.5 Å². The van der Waals surface area contributed by atoms with E-state index in [1.54, 1.807) is 25.1 Å². The monoisotopic (exact) mass is 304 g/mol. The number of H-pyrrole nitrogens is 1. The summed E-state index contributed by atoms with van der Waals surface area (Å²) in [4.78, 5) is 25.8. The summed E-state index contributed by atoms with van der Waals surface area (Å²) >= 11 is 0. The van der Waals surface area contributed by atoms with Crippen molar-refractivity contribution in [3.05, 3.63) is 45.7 Å². The Balaban J connectivity index is 2.19. The van der Waals surface area contributed by atoms with Crippen LogP contribution in [0.2, 0.25) is 0 Å². The van der Waals surface area contributed by atoms with Gasteiger partial charge in [-0.25, -0.2) is 0 Å². The first-order valence-corrected chi connectivity index (χ1v) is 7.12. The molecule has 0 radical (unpaired) electrons. The van der Waals surface area contributed by atoms with Crippen molar-refractivity contribution in [3.63, 3.8) is 0 Å². The molecule has 0 saturated carbocycles. The molecule has 2 atom stereocenters. The minimum Gasteiger partial charge on any atom is -0.390 e. The maximum atomic E-state index is 12.0. The summed E-state index contributed by atoms with van der Waals surface area (Å²) in [5, 5.41) is 23.2. The van der Waals surface area contributed by atoms with E-state index in [1.807, 2.05) is 0 Å². The van der Waals surface area contributed by atoms with Gasteiger partial charge in [-0.05, 0) is 31.0 Å². The maximum absolute atomic E-state index is 12.0. The number of hydrogen-bond donors (Lipinski definition) is 4. The molecule has 0 aliphatic carbocycles. The molecule has 1 aromatic carbocycles. The molecule has 1 amide bonds. The van der Waals surface area contributed by atoms with Gasteiger partial charge in [0.2, 0.25) is 5.91 Å². The van der Waals surface area contributed by atoms with Crippen LogP contribution in [0.5, 0.6) is 0 Å². The molecule has 2 unspecified atom stereocenters. The Morgan fingerprint density at radius 1 is 1.32 bits per heavy atom. The Morgan fingerprint density at radius 2 is 2.05 bits per heavy atom. The van der Waals surface area contributed by atoms with Gasteiger partial charge in [-0.3, -0.25) is 9.59 Å². The zero-order valence-electron chi connectivity index (χ0n) is 12.6. The van der Waals surface area contributed by atoms with Crippen molar-refractivity contribution in [3.8, 4) is 0 Å². The number of aryl methyl sites for hydroxylation is 1. The largest absolute Gasteiger partial charge is 0.390 e. The number of aliphatic hydroxyl groups is 2. The van der Waals surface area contributed by atoms with Crippen molar-refractivity contribution in [1.82, 2.24) is 10.3 Å². The van der Waals surface area contributed by atoms with Gasteiger partial charge in [-0.2, -0.15) is 0 Å². The second kappa shape index (κ2) is 6.72. The van der Waals surface area contributed by atoms with Crippen LogP contribution in [0.3, 0.4) is 0 Å². The number of fused-ring (bicyclic) bond motifs is 1. The van der Waals surface area contributed by atoms with Gasteiger partial charge in [0.15, 0.2) is 5.43 Å². The van der Waals surface area contributed by atoms with Crippen molar-refractivity contribution in [2.45, 2.75) is 32.5 Å². The van der Waals surface area contributed by atoms with Crippen LogP contribution >= 0.6 is 0 Å². The molecule has 2 rings (SSSR count). The third-order valence-electron chi connectivity index (χ3n) is 3.51. The number of hydrogen-bond acceptors (Lipinski definition) is 4. The lowest BCUT2D eigenvalue weighted by Crippen LogP contribution is -2.27. The van der Waals surface area contributed by atoms with E-state index < -0.39 is 12.2 Å². The SMILES string of the molecule is CC(=O)NCCC(O)C(O)c1ccc2[nH]c(C)cc(=O)c2c1. The molecule has 6 heteroatoms. The molecular formula is C16H20N2O4. The number of aromatic amines is 1. The summed E-state index contributed by atoms with van der Waals surface area (Å²) < 4.78 is 0. The Kier molecular flexibility index (Phi) is 4.95. The van der Waals surface area contributed by atoms with Crippen LogP contribution in [0, 0.1) is 6.92 Å². The zero-order chi connectivity index (χ0) is 16.3. The molecule has 0 aliphatic heterocycles. The lowest BCUT2D eigenvalue weighted by molar-refractivity contribution is -0.119. The number of pyridine rings is 1. The van der Waals surface area contributed by atoms with Crippen molar-refractivity contribution >= 4 is 16.8 Å². The van der Waals surface area contributed by atoms with E-state index in [2.05, 4.69) is 10.3 Å². The summed E-state index contributed by atoms with van der Waals surface area (Å²) in [5.41, 5.74) is 1.79. The third kappa shape index (κ3) is 3.72. The number of carbonyl (C=O) groups is 1. The van der Waals surface area contributed by atoms with Gasteiger partial charge in [-0.15, -0.1) is 0 Å². The average molecular weight is 304 g/mol. The first-order chi connectivity index (χ1) is 10.4. The Hall–Kier alpha value is -2.18. The Morgan fingerprint density at radius 3 is 2.73 bits per heavy atom. The van der Waals surface area contributed by atoms with Gasteiger partial charge in [0.05, 0.1) is 6.10 Å². The van der Waals surface area contributed by atoms with Crippen LogP contribution < -0.4 is 10.7 Å². The summed E-state index contributed by atoms with van der Waals surface area (Å²) in [6, 6.07) is 6.46. The van der Waals surface area contributed by atoms with Gasteiger partial charge in [0.25, 0.3) is 0 Å². The van der Waals surface area contributed by atoms with Gasteiger partial charge in [-0.1, -0.05) is 6.07 Å². The fourth-order valence-electron chi connectivity index (χ4n) is 2.36. The third-order valence-corrected chi connectivity index (χ3v) is 3.51. The van der Waals surface area contributed by atoms with Gasteiger partial charge < -0.3 is 20.5 Å². The van der Waals surface area contributed by atoms with Gasteiger partial charge in [0, 0.05) is 36.1 Å². The molecule has 2 aromatic rings. The number of rotatable bonds is 5. The summed E-state index contributed by atoms with van der Waals surface area (Å²) in [6.45, 7) is 3.47. The fraction of sp³-hybridized carbons (Fsp3) is 0.375. The molecule has 0 aliphatic rings. The fourth-order valence-corrected chi connectivity index (χ4v) is 2.36. The van der Waals surface area contributed by atoms with Crippen molar-refractivity contribution in [2.24, 2.45) is 0 Å². The predicted octanol–water partition coefficient (Wildman–Crippen LogP) is 0.757. The molecule has 0 bridgehead atoms. The van der Waals surface area contributed by atoms with E-state index in [0.717, 1.165) is 5.69 Å². The number of benzene rings is 1. The van der Waals surface area contributed by atoms with E-state index >= 15 is 0 Å². The lowest BCUT2D eigenvalue weighted by atomic mass is 10.00. The molecule has 6 nitrogen and oxygen atoms in total. The first-order valence-electron chi connectivity index (χ1n) is 7.12. The van der Waals surface area contributed by atoms with Crippen LogP contribution in [0.1, 0.15) is 30.7 Å². The minimum absolute atomic E-state index is 0.131. The molecule has 1 aromatic heterocycles. The molecule has 0 fully saturated rings. The van der Waals surface area contributed by atoms with Crippen LogP contribution in [-0.4, -0.2) is 33.8 Å². The summed E-state index contributed by atoms with van der Waals surface area (Å²) in [7, 11) is 0. The van der Waals surface area contributed by atoms with Crippen molar-refractivity contribution < 1.29 is 15.0 Å². The van der Waals surface area contributed by atoms with E-state index in [1.165, 1.54) is 13.0 Å². The highest BCUT2D eigenvalue weighted by Gasteiger charge is 2.19. The standard InChI is InChI=1S/C16H20N2O4/c1-9-7-15(21)12-8-11(3-4-13(12)18-9)16(22)14(20)5-6-17-10(2)19/h3-4,7-8,14,16,20,22H,5-6H2,1-2H3,(H,17,19)(H,18,21). The second-order valence-electron chi connectivity index (χ2n) is 5.41. The van der Waals surface area contributed by atoms with Crippen LogP contribution in [0.15, 0.2) is 29.1 Å². The van der Waals surface area contributed by atoms with E-state index in [4.69, 9.17) is 0 Å². The highest BCUT2D eigenvalue weighted by atomic mass is 16.3.